The number of fused-ring (bicyclic) bond motifs is 1. The SMILES string of the molecule is C[C@@H](NCc1ncc(-c2cccs2)o1)c1ccc2c(c1)OCCO2. The molecule has 0 saturated heterocycles. The number of rotatable bonds is 5. The van der Waals surface area contributed by atoms with Crippen LogP contribution in [0.4, 0.5) is 0 Å². The zero-order valence-electron chi connectivity index (χ0n) is 13.3. The van der Waals surface area contributed by atoms with Crippen LogP contribution in [0.15, 0.2) is 46.3 Å². The highest BCUT2D eigenvalue weighted by Gasteiger charge is 2.15. The second kappa shape index (κ2) is 6.67. The normalized spacial score (nSPS) is 14.5. The summed E-state index contributed by atoms with van der Waals surface area (Å²) in [6.45, 7) is 3.88. The van der Waals surface area contributed by atoms with Gasteiger partial charge in [0.05, 0.1) is 17.6 Å². The third-order valence-corrected chi connectivity index (χ3v) is 4.83. The molecule has 5 nitrogen and oxygen atoms in total. The molecule has 0 amide bonds. The van der Waals surface area contributed by atoms with Gasteiger partial charge in [0.2, 0.25) is 5.89 Å². The van der Waals surface area contributed by atoms with Crippen molar-refractivity contribution in [3.8, 4) is 22.1 Å². The Labute approximate surface area is 144 Å². The largest absolute Gasteiger partial charge is 0.486 e. The van der Waals surface area contributed by atoms with Crippen molar-refractivity contribution in [2.24, 2.45) is 0 Å². The van der Waals surface area contributed by atoms with Crippen LogP contribution in [0.25, 0.3) is 10.6 Å². The molecule has 0 aliphatic carbocycles. The molecule has 2 aromatic heterocycles. The summed E-state index contributed by atoms with van der Waals surface area (Å²) in [5.74, 6) is 3.12. The second-order valence-electron chi connectivity index (χ2n) is 5.60. The minimum absolute atomic E-state index is 0.151. The van der Waals surface area contributed by atoms with E-state index in [9.17, 15) is 0 Å². The van der Waals surface area contributed by atoms with Gasteiger partial charge in [-0.15, -0.1) is 11.3 Å². The molecule has 0 spiro atoms. The van der Waals surface area contributed by atoms with Crippen molar-refractivity contribution < 1.29 is 13.9 Å². The Kier molecular flexibility index (Phi) is 4.23. The lowest BCUT2D eigenvalue weighted by Gasteiger charge is -2.20. The summed E-state index contributed by atoms with van der Waals surface area (Å²) in [4.78, 5) is 5.43. The van der Waals surface area contributed by atoms with Gasteiger partial charge >= 0.3 is 0 Å². The Morgan fingerprint density at radius 3 is 2.92 bits per heavy atom. The third-order valence-electron chi connectivity index (χ3n) is 3.94. The Morgan fingerprint density at radius 1 is 1.21 bits per heavy atom. The molecule has 0 bridgehead atoms. The van der Waals surface area contributed by atoms with Crippen LogP contribution in [0.2, 0.25) is 0 Å². The molecule has 4 rings (SSSR count). The average molecular weight is 342 g/mol. The second-order valence-corrected chi connectivity index (χ2v) is 6.55. The number of hydrogen-bond donors (Lipinski definition) is 1. The molecule has 1 atom stereocenters. The van der Waals surface area contributed by atoms with E-state index in [4.69, 9.17) is 13.9 Å². The molecule has 0 fully saturated rings. The molecule has 0 saturated carbocycles. The van der Waals surface area contributed by atoms with E-state index in [1.54, 1.807) is 17.5 Å². The number of nitrogens with one attached hydrogen (secondary N) is 1. The van der Waals surface area contributed by atoms with Crippen LogP contribution in [0.3, 0.4) is 0 Å². The van der Waals surface area contributed by atoms with Crippen molar-refractivity contribution >= 4 is 11.3 Å². The topological polar surface area (TPSA) is 56.5 Å². The van der Waals surface area contributed by atoms with Gasteiger partial charge in [0, 0.05) is 6.04 Å². The third kappa shape index (κ3) is 3.16. The number of ether oxygens (including phenoxy) is 2. The first-order valence-electron chi connectivity index (χ1n) is 7.91. The van der Waals surface area contributed by atoms with Gasteiger partial charge in [-0.05, 0) is 36.1 Å². The van der Waals surface area contributed by atoms with Crippen molar-refractivity contribution in [1.82, 2.24) is 10.3 Å². The van der Waals surface area contributed by atoms with Crippen molar-refractivity contribution in [1.29, 1.82) is 0 Å². The minimum Gasteiger partial charge on any atom is -0.486 e. The first-order chi connectivity index (χ1) is 11.8. The fourth-order valence-electron chi connectivity index (χ4n) is 2.61. The van der Waals surface area contributed by atoms with Gasteiger partial charge in [-0.25, -0.2) is 4.98 Å². The maximum atomic E-state index is 5.80. The monoisotopic (exact) mass is 342 g/mol. The molecule has 0 unspecified atom stereocenters. The Balaban J connectivity index is 1.40. The van der Waals surface area contributed by atoms with Gasteiger partial charge in [-0.3, -0.25) is 0 Å². The van der Waals surface area contributed by atoms with Crippen LogP contribution in [0, 0.1) is 0 Å². The number of aromatic nitrogens is 1. The summed E-state index contributed by atoms with van der Waals surface area (Å²) in [5, 5.41) is 5.46. The molecule has 6 heteroatoms. The number of hydrogen-bond acceptors (Lipinski definition) is 6. The Morgan fingerprint density at radius 2 is 2.08 bits per heavy atom. The predicted octanol–water partition coefficient (Wildman–Crippen LogP) is 4.03. The zero-order chi connectivity index (χ0) is 16.4. The van der Waals surface area contributed by atoms with E-state index in [0.717, 1.165) is 27.7 Å². The summed E-state index contributed by atoms with van der Waals surface area (Å²) in [6, 6.07) is 10.2. The molecule has 3 heterocycles. The minimum atomic E-state index is 0.151. The Hall–Kier alpha value is -2.31. The van der Waals surface area contributed by atoms with Crippen LogP contribution < -0.4 is 14.8 Å². The summed E-state index contributed by atoms with van der Waals surface area (Å²) >= 11 is 1.64. The van der Waals surface area contributed by atoms with Crippen LogP contribution in [-0.4, -0.2) is 18.2 Å². The van der Waals surface area contributed by atoms with E-state index in [1.165, 1.54) is 0 Å². The molecule has 3 aromatic rings. The van der Waals surface area contributed by atoms with Crippen molar-refractivity contribution in [2.75, 3.05) is 13.2 Å². The summed E-state index contributed by atoms with van der Waals surface area (Å²) in [6.07, 6.45) is 1.78. The highest BCUT2D eigenvalue weighted by atomic mass is 32.1. The number of benzene rings is 1. The lowest BCUT2D eigenvalue weighted by molar-refractivity contribution is 0.171. The molecule has 0 radical (unpaired) electrons. The first kappa shape index (κ1) is 15.2. The van der Waals surface area contributed by atoms with Gasteiger partial charge < -0.3 is 19.2 Å². The number of nitrogens with zero attached hydrogens (tertiary/aromatic N) is 1. The first-order valence-corrected chi connectivity index (χ1v) is 8.79. The van der Waals surface area contributed by atoms with Crippen molar-refractivity contribution in [3.05, 3.63) is 53.4 Å². The quantitative estimate of drug-likeness (QED) is 0.759. The van der Waals surface area contributed by atoms with Gasteiger partial charge in [0.15, 0.2) is 17.3 Å². The van der Waals surface area contributed by atoms with Gasteiger partial charge in [-0.1, -0.05) is 12.1 Å². The fourth-order valence-corrected chi connectivity index (χ4v) is 3.28. The molecular formula is C18H18N2O3S. The van der Waals surface area contributed by atoms with E-state index in [-0.39, 0.29) is 6.04 Å². The summed E-state index contributed by atoms with van der Waals surface area (Å²) < 4.78 is 17.0. The molecule has 1 aliphatic heterocycles. The number of oxazole rings is 1. The highest BCUT2D eigenvalue weighted by Crippen LogP contribution is 2.32. The van der Waals surface area contributed by atoms with E-state index < -0.39 is 0 Å². The van der Waals surface area contributed by atoms with Crippen LogP contribution >= 0.6 is 11.3 Å². The van der Waals surface area contributed by atoms with Crippen LogP contribution in [-0.2, 0) is 6.54 Å². The average Bonchev–Trinajstić information content (AvgIpc) is 3.30. The number of thiophene rings is 1. The van der Waals surface area contributed by atoms with Crippen LogP contribution in [0.1, 0.15) is 24.4 Å². The van der Waals surface area contributed by atoms with E-state index in [1.807, 2.05) is 29.6 Å². The van der Waals surface area contributed by atoms with E-state index in [0.29, 0.717) is 25.6 Å². The molecule has 124 valence electrons. The summed E-state index contributed by atoms with van der Waals surface area (Å²) in [7, 11) is 0. The molecule has 1 aliphatic rings. The van der Waals surface area contributed by atoms with Crippen LogP contribution in [0.5, 0.6) is 11.5 Å². The molecule has 24 heavy (non-hydrogen) atoms. The van der Waals surface area contributed by atoms with Gasteiger partial charge in [0.1, 0.15) is 13.2 Å². The predicted molar refractivity (Wildman–Crippen MR) is 92.5 cm³/mol. The molecule has 1 N–H and O–H groups in total. The van der Waals surface area contributed by atoms with E-state index >= 15 is 0 Å². The Bertz CT molecular complexity index is 814. The van der Waals surface area contributed by atoms with Gasteiger partial charge in [0.25, 0.3) is 0 Å². The van der Waals surface area contributed by atoms with Crippen molar-refractivity contribution in [3.63, 3.8) is 0 Å². The smallest absolute Gasteiger partial charge is 0.208 e. The molecule has 1 aromatic carbocycles. The maximum Gasteiger partial charge on any atom is 0.208 e. The van der Waals surface area contributed by atoms with E-state index in [2.05, 4.69) is 23.3 Å². The molecular weight excluding hydrogens is 324 g/mol. The maximum absolute atomic E-state index is 5.80. The lowest BCUT2D eigenvalue weighted by atomic mass is 10.1. The summed E-state index contributed by atoms with van der Waals surface area (Å²) in [5.41, 5.74) is 1.14. The fraction of sp³-hybridized carbons (Fsp3) is 0.278. The zero-order valence-corrected chi connectivity index (χ0v) is 14.1. The standard InChI is InChI=1S/C18H18N2O3S/c1-12(13-4-5-14-15(9-13)22-7-6-21-14)19-11-18-20-10-16(23-18)17-3-2-8-24-17/h2-5,8-10,12,19H,6-7,11H2,1H3/t12-/m1/s1. The highest BCUT2D eigenvalue weighted by molar-refractivity contribution is 7.13. The van der Waals surface area contributed by atoms with Crippen molar-refractivity contribution in [2.45, 2.75) is 19.5 Å². The van der Waals surface area contributed by atoms with Gasteiger partial charge in [-0.2, -0.15) is 0 Å². The lowest BCUT2D eigenvalue weighted by Crippen LogP contribution is -2.19.